The van der Waals surface area contributed by atoms with Crippen LogP contribution >= 0.6 is 15.9 Å². The van der Waals surface area contributed by atoms with Gasteiger partial charge in [0.2, 0.25) is 0 Å². The molecule has 1 rings (SSSR count). The van der Waals surface area contributed by atoms with Gasteiger partial charge in [0, 0.05) is 10.5 Å². The second kappa shape index (κ2) is 6.99. The second-order valence-corrected chi connectivity index (χ2v) is 4.74. The fourth-order valence-corrected chi connectivity index (χ4v) is 2.23. The van der Waals surface area contributed by atoms with Gasteiger partial charge in [-0.1, -0.05) is 42.1 Å². The maximum absolute atomic E-state index is 13.1. The Morgan fingerprint density at radius 1 is 1.44 bits per heavy atom. The van der Waals surface area contributed by atoms with Crippen molar-refractivity contribution >= 4 is 15.9 Å². The molecule has 0 bridgehead atoms. The molecule has 0 saturated heterocycles. The van der Waals surface area contributed by atoms with Crippen molar-refractivity contribution in [1.29, 1.82) is 0 Å². The Bertz CT molecular complexity index is 331. The van der Waals surface area contributed by atoms with E-state index in [9.17, 15) is 4.39 Å². The summed E-state index contributed by atoms with van der Waals surface area (Å²) in [6, 6.07) is 4.69. The van der Waals surface area contributed by atoms with Crippen LogP contribution in [-0.2, 0) is 0 Å². The van der Waals surface area contributed by atoms with E-state index < -0.39 is 0 Å². The first-order valence-corrected chi connectivity index (χ1v) is 6.39. The van der Waals surface area contributed by atoms with Crippen LogP contribution in [0, 0.1) is 5.82 Å². The topological polar surface area (TPSA) is 38.0 Å². The molecule has 3 N–H and O–H groups in total. The van der Waals surface area contributed by atoms with Gasteiger partial charge in [0.25, 0.3) is 0 Å². The lowest BCUT2D eigenvalue weighted by atomic mass is 10.0. The Balaban J connectivity index is 2.73. The van der Waals surface area contributed by atoms with E-state index in [1.54, 1.807) is 6.07 Å². The van der Waals surface area contributed by atoms with Crippen LogP contribution < -0.4 is 11.3 Å². The number of halogens is 2. The number of benzene rings is 1. The lowest BCUT2D eigenvalue weighted by Gasteiger charge is -2.17. The van der Waals surface area contributed by atoms with Crippen LogP contribution in [-0.4, -0.2) is 0 Å². The minimum absolute atomic E-state index is 0.0108. The van der Waals surface area contributed by atoms with E-state index >= 15 is 0 Å². The molecule has 0 aliphatic heterocycles. The monoisotopic (exact) mass is 288 g/mol. The van der Waals surface area contributed by atoms with Gasteiger partial charge in [-0.05, 0) is 30.2 Å². The minimum Gasteiger partial charge on any atom is -0.271 e. The zero-order valence-electron chi connectivity index (χ0n) is 9.47. The van der Waals surface area contributed by atoms with E-state index in [1.165, 1.54) is 25.0 Å². The van der Waals surface area contributed by atoms with Gasteiger partial charge in [0.15, 0.2) is 0 Å². The molecule has 2 nitrogen and oxygen atoms in total. The Labute approximate surface area is 105 Å². The van der Waals surface area contributed by atoms with E-state index in [2.05, 4.69) is 28.3 Å². The molecule has 0 aliphatic carbocycles. The summed E-state index contributed by atoms with van der Waals surface area (Å²) in [6.45, 7) is 2.16. The average molecular weight is 289 g/mol. The maximum Gasteiger partial charge on any atom is 0.123 e. The SMILES string of the molecule is CCCCCC(NN)c1cc(F)ccc1Br. The normalized spacial score (nSPS) is 12.8. The van der Waals surface area contributed by atoms with E-state index in [0.717, 1.165) is 22.9 Å². The highest BCUT2D eigenvalue weighted by Crippen LogP contribution is 2.27. The number of hydrogen-bond acceptors (Lipinski definition) is 2. The molecule has 16 heavy (non-hydrogen) atoms. The standard InChI is InChI=1S/C12H18BrFN2/c1-2-3-4-5-12(16-15)10-8-9(14)6-7-11(10)13/h6-8,12,16H,2-5,15H2,1H3. The summed E-state index contributed by atoms with van der Waals surface area (Å²) in [5, 5.41) is 0. The molecule has 1 atom stereocenters. The third-order valence-electron chi connectivity index (χ3n) is 2.63. The largest absolute Gasteiger partial charge is 0.271 e. The highest BCUT2D eigenvalue weighted by atomic mass is 79.9. The van der Waals surface area contributed by atoms with E-state index in [4.69, 9.17) is 5.84 Å². The summed E-state index contributed by atoms with van der Waals surface area (Å²) < 4.78 is 14.0. The van der Waals surface area contributed by atoms with Crippen molar-refractivity contribution in [2.45, 2.75) is 38.6 Å². The number of unbranched alkanes of at least 4 members (excludes halogenated alkanes) is 2. The van der Waals surface area contributed by atoms with Gasteiger partial charge >= 0.3 is 0 Å². The molecule has 0 amide bonds. The fraction of sp³-hybridized carbons (Fsp3) is 0.500. The number of hydrogen-bond donors (Lipinski definition) is 2. The van der Waals surface area contributed by atoms with E-state index in [1.807, 2.05) is 0 Å². The zero-order valence-corrected chi connectivity index (χ0v) is 11.1. The molecule has 0 heterocycles. The third kappa shape index (κ3) is 3.85. The smallest absolute Gasteiger partial charge is 0.123 e. The first kappa shape index (κ1) is 13.6. The van der Waals surface area contributed by atoms with Gasteiger partial charge in [-0.25, -0.2) is 4.39 Å². The van der Waals surface area contributed by atoms with Crippen LogP contribution in [0.3, 0.4) is 0 Å². The molecule has 0 aliphatic rings. The van der Waals surface area contributed by atoms with Crippen LogP contribution in [0.15, 0.2) is 22.7 Å². The van der Waals surface area contributed by atoms with Gasteiger partial charge in [-0.2, -0.15) is 0 Å². The van der Waals surface area contributed by atoms with Crippen LogP contribution in [0.25, 0.3) is 0 Å². The predicted octanol–water partition coefficient (Wildman–Crippen LogP) is 3.67. The van der Waals surface area contributed by atoms with Crippen LogP contribution in [0.1, 0.15) is 44.2 Å². The molecule has 0 fully saturated rings. The van der Waals surface area contributed by atoms with Gasteiger partial charge in [-0.15, -0.1) is 0 Å². The quantitative estimate of drug-likeness (QED) is 0.476. The molecule has 90 valence electrons. The molecular weight excluding hydrogens is 271 g/mol. The lowest BCUT2D eigenvalue weighted by Crippen LogP contribution is -2.28. The molecule has 1 aromatic carbocycles. The summed E-state index contributed by atoms with van der Waals surface area (Å²) in [4.78, 5) is 0. The average Bonchev–Trinajstić information content (AvgIpc) is 2.28. The predicted molar refractivity (Wildman–Crippen MR) is 68.3 cm³/mol. The van der Waals surface area contributed by atoms with Crippen LogP contribution in [0.2, 0.25) is 0 Å². The minimum atomic E-state index is -0.228. The number of nitrogens with one attached hydrogen (secondary N) is 1. The van der Waals surface area contributed by atoms with Gasteiger partial charge in [0.1, 0.15) is 5.82 Å². The van der Waals surface area contributed by atoms with Gasteiger partial charge < -0.3 is 0 Å². The summed E-state index contributed by atoms with van der Waals surface area (Å²) >= 11 is 3.42. The molecule has 4 heteroatoms. The summed E-state index contributed by atoms with van der Waals surface area (Å²) in [5.41, 5.74) is 3.64. The molecule has 1 aromatic rings. The Hall–Kier alpha value is -0.450. The van der Waals surface area contributed by atoms with Crippen molar-refractivity contribution in [3.05, 3.63) is 34.1 Å². The zero-order chi connectivity index (χ0) is 12.0. The van der Waals surface area contributed by atoms with Crippen molar-refractivity contribution in [3.63, 3.8) is 0 Å². The lowest BCUT2D eigenvalue weighted by molar-refractivity contribution is 0.482. The molecule has 1 unspecified atom stereocenters. The Morgan fingerprint density at radius 3 is 2.81 bits per heavy atom. The van der Waals surface area contributed by atoms with Gasteiger partial charge in [0.05, 0.1) is 0 Å². The Morgan fingerprint density at radius 2 is 2.19 bits per heavy atom. The van der Waals surface area contributed by atoms with Crippen molar-refractivity contribution in [1.82, 2.24) is 5.43 Å². The van der Waals surface area contributed by atoms with Crippen molar-refractivity contribution < 1.29 is 4.39 Å². The maximum atomic E-state index is 13.1. The van der Waals surface area contributed by atoms with Crippen LogP contribution in [0.5, 0.6) is 0 Å². The molecule has 0 spiro atoms. The molecular formula is C12H18BrFN2. The number of hydrazine groups is 1. The summed E-state index contributed by atoms with van der Waals surface area (Å²) in [6.07, 6.45) is 4.35. The molecule has 0 saturated carbocycles. The summed E-state index contributed by atoms with van der Waals surface area (Å²) in [5.74, 6) is 5.28. The van der Waals surface area contributed by atoms with Crippen molar-refractivity contribution in [2.24, 2.45) is 5.84 Å². The van der Waals surface area contributed by atoms with E-state index in [-0.39, 0.29) is 11.9 Å². The summed E-state index contributed by atoms with van der Waals surface area (Å²) in [7, 11) is 0. The highest BCUT2D eigenvalue weighted by Gasteiger charge is 2.13. The molecule has 0 radical (unpaired) electrons. The first-order chi connectivity index (χ1) is 7.69. The third-order valence-corrected chi connectivity index (χ3v) is 3.35. The molecule has 0 aromatic heterocycles. The van der Waals surface area contributed by atoms with E-state index in [0.29, 0.717) is 0 Å². The van der Waals surface area contributed by atoms with Crippen molar-refractivity contribution in [3.8, 4) is 0 Å². The van der Waals surface area contributed by atoms with Crippen molar-refractivity contribution in [2.75, 3.05) is 0 Å². The van der Waals surface area contributed by atoms with Crippen LogP contribution in [0.4, 0.5) is 4.39 Å². The second-order valence-electron chi connectivity index (χ2n) is 3.88. The first-order valence-electron chi connectivity index (χ1n) is 5.60. The number of rotatable bonds is 6. The fourth-order valence-electron chi connectivity index (χ4n) is 1.71. The Kier molecular flexibility index (Phi) is 5.95. The number of nitrogens with two attached hydrogens (primary N) is 1. The van der Waals surface area contributed by atoms with Gasteiger partial charge in [-0.3, -0.25) is 11.3 Å². The highest BCUT2D eigenvalue weighted by molar-refractivity contribution is 9.10.